The third kappa shape index (κ3) is 2.63. The number of carbonyl (C=O) groups excluding carboxylic acids is 2. The van der Waals surface area contributed by atoms with Crippen molar-refractivity contribution < 1.29 is 19.1 Å². The Morgan fingerprint density at radius 2 is 2.12 bits per heavy atom. The number of Topliss-reactive ketones (excluding diaryl/α,β-unsaturated/α-hetero) is 1. The molecule has 1 aliphatic carbocycles. The van der Waals surface area contributed by atoms with Crippen LogP contribution in [0.5, 0.6) is 0 Å². The van der Waals surface area contributed by atoms with Crippen LogP contribution in [0.25, 0.3) is 0 Å². The standard InChI is InChI=1S/C18H23N3O4/c1-5-21-10(3)13(9(2)20-21)15-14-11(22)7-6-8-12(14)25-17(19)16(15)18(23)24-4/h15H,5-8,19H2,1-4H3. The second-order valence-corrected chi connectivity index (χ2v) is 6.32. The molecule has 2 aliphatic rings. The third-order valence-corrected chi connectivity index (χ3v) is 4.92. The molecular weight excluding hydrogens is 322 g/mol. The fraction of sp³-hybridized carbons (Fsp3) is 0.500. The lowest BCUT2D eigenvalue weighted by Crippen LogP contribution is -2.31. The smallest absolute Gasteiger partial charge is 0.340 e. The van der Waals surface area contributed by atoms with Gasteiger partial charge < -0.3 is 15.2 Å². The largest absolute Gasteiger partial charge is 0.465 e. The number of hydrogen-bond donors (Lipinski definition) is 1. The van der Waals surface area contributed by atoms with E-state index in [9.17, 15) is 9.59 Å². The molecule has 0 amide bonds. The van der Waals surface area contributed by atoms with Gasteiger partial charge >= 0.3 is 5.97 Å². The van der Waals surface area contributed by atoms with Crippen molar-refractivity contribution in [1.29, 1.82) is 0 Å². The molecule has 2 heterocycles. The summed E-state index contributed by atoms with van der Waals surface area (Å²) in [4.78, 5) is 25.1. The summed E-state index contributed by atoms with van der Waals surface area (Å²) in [6, 6.07) is 0. The molecule has 1 aromatic rings. The molecule has 25 heavy (non-hydrogen) atoms. The first kappa shape index (κ1) is 17.3. The summed E-state index contributed by atoms with van der Waals surface area (Å²) in [6.07, 6.45) is 1.79. The van der Waals surface area contributed by atoms with E-state index in [0.29, 0.717) is 30.7 Å². The highest BCUT2D eigenvalue weighted by molar-refractivity contribution is 6.03. The first-order chi connectivity index (χ1) is 11.9. The molecule has 1 aliphatic heterocycles. The minimum Gasteiger partial charge on any atom is -0.465 e. The first-order valence-corrected chi connectivity index (χ1v) is 8.46. The lowest BCUT2D eigenvalue weighted by Gasteiger charge is -2.32. The summed E-state index contributed by atoms with van der Waals surface area (Å²) in [6.45, 7) is 6.51. The normalized spacial score (nSPS) is 20.5. The average Bonchev–Trinajstić information content (AvgIpc) is 2.87. The number of methoxy groups -OCH3 is 1. The van der Waals surface area contributed by atoms with E-state index in [1.807, 2.05) is 25.5 Å². The van der Waals surface area contributed by atoms with E-state index in [4.69, 9.17) is 15.2 Å². The lowest BCUT2D eigenvalue weighted by atomic mass is 9.76. The lowest BCUT2D eigenvalue weighted by molar-refractivity contribution is -0.136. The van der Waals surface area contributed by atoms with Crippen molar-refractivity contribution in [2.75, 3.05) is 7.11 Å². The summed E-state index contributed by atoms with van der Waals surface area (Å²) in [5, 5.41) is 4.54. The Kier molecular flexibility index (Phi) is 4.41. The Bertz CT molecular complexity index is 817. The molecule has 1 aromatic heterocycles. The van der Waals surface area contributed by atoms with E-state index in [-0.39, 0.29) is 17.2 Å². The summed E-state index contributed by atoms with van der Waals surface area (Å²) in [7, 11) is 1.29. The highest BCUT2D eigenvalue weighted by atomic mass is 16.5. The maximum atomic E-state index is 12.7. The molecular formula is C18H23N3O4. The van der Waals surface area contributed by atoms with Crippen molar-refractivity contribution in [3.63, 3.8) is 0 Å². The van der Waals surface area contributed by atoms with Gasteiger partial charge in [-0.2, -0.15) is 5.10 Å². The quantitative estimate of drug-likeness (QED) is 0.842. The van der Waals surface area contributed by atoms with Gasteiger partial charge in [-0.05, 0) is 27.2 Å². The van der Waals surface area contributed by atoms with Crippen molar-refractivity contribution in [3.05, 3.63) is 39.7 Å². The van der Waals surface area contributed by atoms with Gasteiger partial charge in [0.15, 0.2) is 5.78 Å². The summed E-state index contributed by atoms with van der Waals surface area (Å²) in [5.41, 5.74) is 9.26. The second kappa shape index (κ2) is 6.38. The molecule has 0 saturated carbocycles. The summed E-state index contributed by atoms with van der Waals surface area (Å²) < 4.78 is 12.4. The van der Waals surface area contributed by atoms with Crippen LogP contribution >= 0.6 is 0 Å². The zero-order valence-electron chi connectivity index (χ0n) is 15.0. The molecule has 0 bridgehead atoms. The Labute approximate surface area is 146 Å². The molecule has 0 aromatic carbocycles. The van der Waals surface area contributed by atoms with Gasteiger partial charge in [-0.15, -0.1) is 0 Å². The Morgan fingerprint density at radius 3 is 2.72 bits per heavy atom. The molecule has 1 unspecified atom stereocenters. The highest BCUT2D eigenvalue weighted by Crippen LogP contribution is 2.45. The summed E-state index contributed by atoms with van der Waals surface area (Å²) >= 11 is 0. The van der Waals surface area contributed by atoms with E-state index in [0.717, 1.165) is 23.4 Å². The molecule has 0 fully saturated rings. The monoisotopic (exact) mass is 345 g/mol. The zero-order valence-corrected chi connectivity index (χ0v) is 15.0. The fourth-order valence-corrected chi connectivity index (χ4v) is 3.79. The van der Waals surface area contributed by atoms with Gasteiger partial charge in [-0.1, -0.05) is 0 Å². The van der Waals surface area contributed by atoms with Crippen molar-refractivity contribution in [2.24, 2.45) is 5.73 Å². The Balaban J connectivity index is 2.27. The van der Waals surface area contributed by atoms with Crippen LogP contribution < -0.4 is 5.73 Å². The van der Waals surface area contributed by atoms with Gasteiger partial charge in [0.05, 0.1) is 18.7 Å². The number of aromatic nitrogens is 2. The number of aryl methyl sites for hydroxylation is 2. The van der Waals surface area contributed by atoms with E-state index < -0.39 is 11.9 Å². The molecule has 0 radical (unpaired) electrons. The minimum absolute atomic E-state index is 0.00773. The predicted molar refractivity (Wildman–Crippen MR) is 90.3 cm³/mol. The average molecular weight is 345 g/mol. The third-order valence-electron chi connectivity index (χ3n) is 4.92. The number of allylic oxidation sites excluding steroid dienone is 2. The SMILES string of the molecule is CCn1nc(C)c(C2C(C(=O)OC)=C(N)OC3=C2C(=O)CCC3)c1C. The minimum atomic E-state index is -0.593. The predicted octanol–water partition coefficient (Wildman–Crippen LogP) is 1.98. The number of nitrogens with zero attached hydrogens (tertiary/aromatic N) is 2. The summed E-state index contributed by atoms with van der Waals surface area (Å²) in [5.74, 6) is -0.620. The number of ketones is 1. The number of carbonyl (C=O) groups is 2. The number of ether oxygens (including phenoxy) is 2. The number of hydrogen-bond acceptors (Lipinski definition) is 6. The van der Waals surface area contributed by atoms with Crippen LogP contribution in [0.4, 0.5) is 0 Å². The van der Waals surface area contributed by atoms with E-state index in [2.05, 4.69) is 5.10 Å². The van der Waals surface area contributed by atoms with Crippen molar-refractivity contribution in [1.82, 2.24) is 9.78 Å². The number of esters is 1. The molecule has 1 atom stereocenters. The molecule has 2 N–H and O–H groups in total. The number of rotatable bonds is 3. The van der Waals surface area contributed by atoms with Crippen LogP contribution in [0.2, 0.25) is 0 Å². The maximum absolute atomic E-state index is 12.7. The van der Waals surface area contributed by atoms with E-state index >= 15 is 0 Å². The second-order valence-electron chi connectivity index (χ2n) is 6.32. The highest BCUT2D eigenvalue weighted by Gasteiger charge is 2.43. The molecule has 0 saturated heterocycles. The van der Waals surface area contributed by atoms with Crippen molar-refractivity contribution in [2.45, 2.75) is 52.5 Å². The van der Waals surface area contributed by atoms with Gasteiger partial charge in [0.2, 0.25) is 5.88 Å². The van der Waals surface area contributed by atoms with Crippen molar-refractivity contribution in [3.8, 4) is 0 Å². The molecule has 3 rings (SSSR count). The van der Waals surface area contributed by atoms with E-state index in [1.165, 1.54) is 7.11 Å². The van der Waals surface area contributed by atoms with Crippen LogP contribution in [-0.2, 0) is 25.6 Å². The Hall–Kier alpha value is -2.57. The van der Waals surface area contributed by atoms with Gasteiger partial charge in [0.25, 0.3) is 0 Å². The van der Waals surface area contributed by atoms with Gasteiger partial charge in [-0.25, -0.2) is 4.79 Å². The first-order valence-electron chi connectivity index (χ1n) is 8.46. The molecule has 134 valence electrons. The molecule has 0 spiro atoms. The van der Waals surface area contributed by atoms with Gasteiger partial charge in [0, 0.05) is 36.2 Å². The van der Waals surface area contributed by atoms with Crippen LogP contribution in [-0.4, -0.2) is 28.6 Å². The maximum Gasteiger partial charge on any atom is 0.340 e. The van der Waals surface area contributed by atoms with E-state index in [1.54, 1.807) is 0 Å². The Morgan fingerprint density at radius 1 is 1.40 bits per heavy atom. The van der Waals surface area contributed by atoms with Gasteiger partial charge in [0.1, 0.15) is 11.3 Å². The van der Waals surface area contributed by atoms with Gasteiger partial charge in [-0.3, -0.25) is 9.48 Å². The van der Waals surface area contributed by atoms with Crippen LogP contribution in [0.15, 0.2) is 22.8 Å². The topological polar surface area (TPSA) is 96.4 Å². The van der Waals surface area contributed by atoms with Crippen LogP contribution in [0, 0.1) is 13.8 Å². The molecule has 7 nitrogen and oxygen atoms in total. The number of nitrogens with two attached hydrogens (primary N) is 1. The van der Waals surface area contributed by atoms with Crippen LogP contribution in [0.3, 0.4) is 0 Å². The van der Waals surface area contributed by atoms with Crippen LogP contribution in [0.1, 0.15) is 49.1 Å². The molecule has 7 heteroatoms. The van der Waals surface area contributed by atoms with Crippen molar-refractivity contribution >= 4 is 11.8 Å². The zero-order chi connectivity index (χ0) is 18.3. The fourth-order valence-electron chi connectivity index (χ4n) is 3.79.